The number of carbonyl (C=O) groups excluding carboxylic acids is 1. The van der Waals surface area contributed by atoms with Crippen molar-refractivity contribution in [1.82, 2.24) is 10.0 Å². The molecule has 158 valence electrons. The molecular weight excluding hydrogens is 413 g/mol. The monoisotopic (exact) mass is 433 g/mol. The molecule has 1 amide bonds. The van der Waals surface area contributed by atoms with E-state index in [1.54, 1.807) is 6.07 Å². The molecule has 0 spiro atoms. The summed E-state index contributed by atoms with van der Waals surface area (Å²) in [6.07, 6.45) is 0.469. The lowest BCUT2D eigenvalue weighted by molar-refractivity contribution is -0.121. The number of nitriles is 1. The number of hydrogen-bond acceptors (Lipinski definition) is 6. The van der Waals surface area contributed by atoms with Crippen LogP contribution in [-0.4, -0.2) is 34.1 Å². The normalized spacial score (nSPS) is 14.3. The summed E-state index contributed by atoms with van der Waals surface area (Å²) >= 11 is 0. The van der Waals surface area contributed by atoms with Crippen LogP contribution in [0.25, 0.3) is 0 Å². The highest BCUT2D eigenvalue weighted by molar-refractivity contribution is 7.89. The molecule has 2 aromatic rings. The fraction of sp³-hybridized carbons (Fsp3) is 0.300. The molecule has 0 aliphatic carbocycles. The van der Waals surface area contributed by atoms with Crippen LogP contribution >= 0.6 is 0 Å². The predicted octanol–water partition coefficient (Wildman–Crippen LogP) is 2.04. The zero-order valence-electron chi connectivity index (χ0n) is 15.9. The standard InChI is InChI=1S/C20H20FN3O5S/c21-16-5-2-1-4-15(16)17(13-22)24-20(25)8-9-23-30(26,27)14-6-7-18-19(12-14)29-11-3-10-28-18/h1-2,4-7,12,17,23H,3,8-11H2,(H,24,25). The van der Waals surface area contributed by atoms with E-state index in [0.717, 1.165) is 0 Å². The highest BCUT2D eigenvalue weighted by Gasteiger charge is 2.20. The van der Waals surface area contributed by atoms with E-state index in [9.17, 15) is 22.9 Å². The van der Waals surface area contributed by atoms with Gasteiger partial charge in [-0.1, -0.05) is 18.2 Å². The first kappa shape index (κ1) is 21.5. The molecule has 2 aromatic carbocycles. The third-order valence-electron chi connectivity index (χ3n) is 4.32. The maximum absolute atomic E-state index is 13.8. The summed E-state index contributed by atoms with van der Waals surface area (Å²) in [6.45, 7) is 0.716. The van der Waals surface area contributed by atoms with Crippen LogP contribution in [0.3, 0.4) is 0 Å². The number of benzene rings is 2. The average molecular weight is 433 g/mol. The van der Waals surface area contributed by atoms with Crippen LogP contribution in [0, 0.1) is 17.1 Å². The van der Waals surface area contributed by atoms with E-state index in [4.69, 9.17) is 9.47 Å². The van der Waals surface area contributed by atoms with Crippen molar-refractivity contribution in [2.24, 2.45) is 0 Å². The largest absolute Gasteiger partial charge is 0.490 e. The van der Waals surface area contributed by atoms with E-state index >= 15 is 0 Å². The molecule has 0 saturated heterocycles. The molecular formula is C20H20FN3O5S. The zero-order chi connectivity index (χ0) is 21.6. The lowest BCUT2D eigenvalue weighted by Gasteiger charge is -2.13. The van der Waals surface area contributed by atoms with Gasteiger partial charge in [-0.05, 0) is 18.2 Å². The number of rotatable bonds is 7. The number of nitrogens with zero attached hydrogens (tertiary/aromatic N) is 1. The van der Waals surface area contributed by atoms with Crippen LogP contribution < -0.4 is 19.5 Å². The Morgan fingerprint density at radius 3 is 2.63 bits per heavy atom. The molecule has 0 radical (unpaired) electrons. The Balaban J connectivity index is 1.57. The van der Waals surface area contributed by atoms with Gasteiger partial charge < -0.3 is 14.8 Å². The van der Waals surface area contributed by atoms with Gasteiger partial charge in [0.05, 0.1) is 24.2 Å². The molecule has 3 rings (SSSR count). The molecule has 1 heterocycles. The van der Waals surface area contributed by atoms with Gasteiger partial charge in [-0.25, -0.2) is 17.5 Å². The summed E-state index contributed by atoms with van der Waals surface area (Å²) < 4.78 is 52.1. The maximum atomic E-state index is 13.8. The van der Waals surface area contributed by atoms with E-state index < -0.39 is 27.8 Å². The molecule has 1 atom stereocenters. The minimum absolute atomic E-state index is 0.0200. The van der Waals surface area contributed by atoms with Crippen molar-refractivity contribution in [3.05, 3.63) is 53.8 Å². The first-order chi connectivity index (χ1) is 14.4. The van der Waals surface area contributed by atoms with Crippen molar-refractivity contribution in [1.29, 1.82) is 5.26 Å². The molecule has 1 aliphatic heterocycles. The minimum atomic E-state index is -3.88. The summed E-state index contributed by atoms with van der Waals surface area (Å²) in [5, 5.41) is 11.6. The van der Waals surface area contributed by atoms with Gasteiger partial charge in [0.1, 0.15) is 11.9 Å². The zero-order valence-corrected chi connectivity index (χ0v) is 16.7. The number of ether oxygens (including phenoxy) is 2. The molecule has 1 aliphatic rings. The number of fused-ring (bicyclic) bond motifs is 1. The van der Waals surface area contributed by atoms with Gasteiger partial charge in [0.25, 0.3) is 0 Å². The molecule has 30 heavy (non-hydrogen) atoms. The van der Waals surface area contributed by atoms with E-state index in [1.165, 1.54) is 36.4 Å². The van der Waals surface area contributed by atoms with Crippen molar-refractivity contribution in [2.75, 3.05) is 19.8 Å². The first-order valence-corrected chi connectivity index (χ1v) is 10.7. The van der Waals surface area contributed by atoms with Crippen molar-refractivity contribution in [3.63, 3.8) is 0 Å². The van der Waals surface area contributed by atoms with Crippen LogP contribution in [0.15, 0.2) is 47.4 Å². The van der Waals surface area contributed by atoms with Crippen molar-refractivity contribution in [2.45, 2.75) is 23.8 Å². The Bertz CT molecular complexity index is 1070. The van der Waals surface area contributed by atoms with Crippen LogP contribution in [0.4, 0.5) is 4.39 Å². The van der Waals surface area contributed by atoms with Crippen LogP contribution in [0.5, 0.6) is 11.5 Å². The Morgan fingerprint density at radius 1 is 1.17 bits per heavy atom. The third-order valence-corrected chi connectivity index (χ3v) is 5.78. The molecule has 1 unspecified atom stereocenters. The van der Waals surface area contributed by atoms with Gasteiger partial charge in [-0.15, -0.1) is 0 Å². The lowest BCUT2D eigenvalue weighted by atomic mass is 10.1. The molecule has 10 heteroatoms. The molecule has 8 nitrogen and oxygen atoms in total. The number of hydrogen-bond donors (Lipinski definition) is 2. The smallest absolute Gasteiger partial charge is 0.240 e. The van der Waals surface area contributed by atoms with Gasteiger partial charge in [0, 0.05) is 31.0 Å². The summed E-state index contributed by atoms with van der Waals surface area (Å²) in [5.74, 6) is -0.387. The van der Waals surface area contributed by atoms with E-state index in [2.05, 4.69) is 10.0 Å². The van der Waals surface area contributed by atoms with Gasteiger partial charge in [-0.2, -0.15) is 5.26 Å². The fourth-order valence-corrected chi connectivity index (χ4v) is 3.86. The van der Waals surface area contributed by atoms with Crippen LogP contribution in [0.1, 0.15) is 24.4 Å². The van der Waals surface area contributed by atoms with E-state index in [0.29, 0.717) is 31.1 Å². The molecule has 2 N–H and O–H groups in total. The minimum Gasteiger partial charge on any atom is -0.490 e. The topological polar surface area (TPSA) is 118 Å². The summed E-state index contributed by atoms with van der Waals surface area (Å²) in [5.41, 5.74) is 0.0427. The molecule has 0 aromatic heterocycles. The second-order valence-electron chi connectivity index (χ2n) is 6.46. The van der Waals surface area contributed by atoms with Gasteiger partial charge in [0.15, 0.2) is 11.5 Å². The first-order valence-electron chi connectivity index (χ1n) is 9.23. The van der Waals surface area contributed by atoms with Gasteiger partial charge in [-0.3, -0.25) is 4.79 Å². The molecule has 0 fully saturated rings. The van der Waals surface area contributed by atoms with E-state index in [1.807, 2.05) is 6.07 Å². The Labute approximate surface area is 173 Å². The SMILES string of the molecule is N#CC(NC(=O)CCNS(=O)(=O)c1ccc2c(c1)OCCCO2)c1ccccc1F. The highest BCUT2D eigenvalue weighted by atomic mass is 32.2. The van der Waals surface area contributed by atoms with Crippen LogP contribution in [-0.2, 0) is 14.8 Å². The maximum Gasteiger partial charge on any atom is 0.240 e. The molecule has 0 saturated carbocycles. The number of halogens is 1. The highest BCUT2D eigenvalue weighted by Crippen LogP contribution is 2.31. The number of sulfonamides is 1. The second kappa shape index (κ2) is 9.56. The quantitative estimate of drug-likeness (QED) is 0.690. The number of carbonyl (C=O) groups is 1. The van der Waals surface area contributed by atoms with E-state index in [-0.39, 0.29) is 23.4 Å². The summed E-state index contributed by atoms with van der Waals surface area (Å²) in [4.78, 5) is 12.1. The molecule has 0 bridgehead atoms. The van der Waals surface area contributed by atoms with Gasteiger partial charge in [0.2, 0.25) is 15.9 Å². The number of nitrogens with one attached hydrogen (secondary N) is 2. The van der Waals surface area contributed by atoms with Crippen molar-refractivity contribution in [3.8, 4) is 17.6 Å². The summed E-state index contributed by atoms with van der Waals surface area (Å²) in [7, 11) is -3.88. The Kier molecular flexibility index (Phi) is 6.87. The second-order valence-corrected chi connectivity index (χ2v) is 8.22. The van der Waals surface area contributed by atoms with Crippen molar-refractivity contribution >= 4 is 15.9 Å². The fourth-order valence-electron chi connectivity index (χ4n) is 2.81. The van der Waals surface area contributed by atoms with Crippen molar-refractivity contribution < 1.29 is 27.1 Å². The third kappa shape index (κ3) is 5.25. The Morgan fingerprint density at radius 2 is 1.90 bits per heavy atom. The Hall–Kier alpha value is -3.16. The lowest BCUT2D eigenvalue weighted by Crippen LogP contribution is -2.32. The van der Waals surface area contributed by atoms with Gasteiger partial charge >= 0.3 is 0 Å². The van der Waals surface area contributed by atoms with Crippen LogP contribution in [0.2, 0.25) is 0 Å². The summed E-state index contributed by atoms with van der Waals surface area (Å²) in [6, 6.07) is 10.5. The average Bonchev–Trinajstić information content (AvgIpc) is 2.97. The number of amides is 1. The predicted molar refractivity (Wildman–Crippen MR) is 105 cm³/mol.